The minimum absolute atomic E-state index is 0.0842. The Kier molecular flexibility index (Phi) is 4.86. The summed E-state index contributed by atoms with van der Waals surface area (Å²) in [4.78, 5) is 10.5. The van der Waals surface area contributed by atoms with Crippen molar-refractivity contribution in [2.75, 3.05) is 13.1 Å². The van der Waals surface area contributed by atoms with Crippen molar-refractivity contribution in [1.29, 1.82) is 0 Å². The molecular formula is C16H21ClN2O4S. The summed E-state index contributed by atoms with van der Waals surface area (Å²) in [6.45, 7) is 2.50. The number of fused-ring (bicyclic) bond motifs is 1. The van der Waals surface area contributed by atoms with E-state index in [0.717, 1.165) is 25.3 Å². The quantitative estimate of drug-likeness (QED) is 0.597. The van der Waals surface area contributed by atoms with Gasteiger partial charge in [-0.15, -0.1) is 0 Å². The number of halogens is 1. The van der Waals surface area contributed by atoms with Crippen LogP contribution >= 0.6 is 11.6 Å². The lowest BCUT2D eigenvalue weighted by Crippen LogP contribution is -2.44. The Balaban J connectivity index is 1.92. The fourth-order valence-corrected chi connectivity index (χ4v) is 5.75. The van der Waals surface area contributed by atoms with Gasteiger partial charge in [-0.1, -0.05) is 30.9 Å². The van der Waals surface area contributed by atoms with Crippen molar-refractivity contribution in [2.45, 2.75) is 43.9 Å². The molecule has 24 heavy (non-hydrogen) atoms. The molecule has 1 aromatic carbocycles. The molecule has 2 atom stereocenters. The lowest BCUT2D eigenvalue weighted by molar-refractivity contribution is -0.385. The van der Waals surface area contributed by atoms with Crippen LogP contribution in [0.25, 0.3) is 0 Å². The molecule has 1 aromatic rings. The topological polar surface area (TPSA) is 80.5 Å². The van der Waals surface area contributed by atoms with Crippen LogP contribution in [0.5, 0.6) is 0 Å². The fourth-order valence-electron chi connectivity index (χ4n) is 3.91. The third-order valence-corrected chi connectivity index (χ3v) is 7.61. The van der Waals surface area contributed by atoms with Crippen molar-refractivity contribution in [3.8, 4) is 0 Å². The maximum atomic E-state index is 12.9. The van der Waals surface area contributed by atoms with Crippen LogP contribution in [0.3, 0.4) is 0 Å². The van der Waals surface area contributed by atoms with E-state index in [1.165, 1.54) is 30.1 Å². The summed E-state index contributed by atoms with van der Waals surface area (Å²) in [5.41, 5.74) is 0.0280. The first-order valence-electron chi connectivity index (χ1n) is 8.25. The van der Waals surface area contributed by atoms with Crippen molar-refractivity contribution >= 4 is 27.3 Å². The van der Waals surface area contributed by atoms with Crippen LogP contribution in [0.4, 0.5) is 5.69 Å². The van der Waals surface area contributed by atoms with Crippen molar-refractivity contribution < 1.29 is 13.3 Å². The molecule has 0 aromatic heterocycles. The Morgan fingerprint density at radius 1 is 1.21 bits per heavy atom. The van der Waals surface area contributed by atoms with E-state index in [2.05, 4.69) is 0 Å². The van der Waals surface area contributed by atoms with Crippen LogP contribution in [0.2, 0.25) is 5.02 Å². The number of nitro groups is 1. The van der Waals surface area contributed by atoms with E-state index in [1.54, 1.807) is 0 Å². The first kappa shape index (κ1) is 17.6. The third-order valence-electron chi connectivity index (χ3n) is 5.38. The fraction of sp³-hybridized carbons (Fsp3) is 0.625. The van der Waals surface area contributed by atoms with Crippen molar-refractivity contribution in [3.63, 3.8) is 0 Å². The predicted molar refractivity (Wildman–Crippen MR) is 91.7 cm³/mol. The van der Waals surface area contributed by atoms with Gasteiger partial charge >= 0.3 is 0 Å². The number of benzene rings is 1. The maximum Gasteiger partial charge on any atom is 0.275 e. The third kappa shape index (κ3) is 3.17. The second kappa shape index (κ2) is 6.61. The van der Waals surface area contributed by atoms with Gasteiger partial charge in [0, 0.05) is 24.7 Å². The second-order valence-corrected chi connectivity index (χ2v) is 9.11. The summed E-state index contributed by atoms with van der Waals surface area (Å²) in [5, 5.41) is 11.3. The van der Waals surface area contributed by atoms with E-state index < -0.39 is 14.9 Å². The van der Waals surface area contributed by atoms with Gasteiger partial charge in [-0.25, -0.2) is 8.42 Å². The van der Waals surface area contributed by atoms with Gasteiger partial charge in [0.05, 0.1) is 14.8 Å². The van der Waals surface area contributed by atoms with Crippen molar-refractivity contribution in [3.05, 3.63) is 32.8 Å². The smallest absolute Gasteiger partial charge is 0.258 e. The van der Waals surface area contributed by atoms with E-state index in [4.69, 9.17) is 11.6 Å². The molecule has 1 aliphatic carbocycles. The molecule has 0 spiro atoms. The molecule has 132 valence electrons. The Morgan fingerprint density at radius 3 is 2.54 bits per heavy atom. The lowest BCUT2D eigenvalue weighted by atomic mass is 9.76. The molecule has 2 fully saturated rings. The standard InChI is InChI=1S/C16H21ClN2O4S/c1-11-15(17)8-14(9-16(11)19(20)21)24(22,23)18-7-6-12-4-2-3-5-13(12)10-18/h8-9,12-13H,2-7,10H2,1H3/t12-,13+/m0/s1. The molecule has 6 nitrogen and oxygen atoms in total. The number of rotatable bonds is 3. The summed E-state index contributed by atoms with van der Waals surface area (Å²) < 4.78 is 27.4. The monoisotopic (exact) mass is 372 g/mol. The number of nitro benzene ring substituents is 1. The van der Waals surface area contributed by atoms with Crippen LogP contribution in [-0.2, 0) is 10.0 Å². The molecule has 0 bridgehead atoms. The molecule has 1 aliphatic heterocycles. The van der Waals surface area contributed by atoms with E-state index in [9.17, 15) is 18.5 Å². The molecular weight excluding hydrogens is 352 g/mol. The summed E-state index contributed by atoms with van der Waals surface area (Å²) in [6.07, 6.45) is 5.49. The average molecular weight is 373 g/mol. The van der Waals surface area contributed by atoms with Gasteiger partial charge < -0.3 is 0 Å². The average Bonchev–Trinajstić information content (AvgIpc) is 2.56. The number of hydrogen-bond donors (Lipinski definition) is 0. The van der Waals surface area contributed by atoms with Gasteiger partial charge in [0.1, 0.15) is 0 Å². The Labute approximate surface area is 147 Å². The van der Waals surface area contributed by atoms with E-state index in [-0.39, 0.29) is 21.2 Å². The van der Waals surface area contributed by atoms with E-state index in [1.807, 2.05) is 0 Å². The van der Waals surface area contributed by atoms with Gasteiger partial charge in [-0.3, -0.25) is 10.1 Å². The van der Waals surface area contributed by atoms with Crippen LogP contribution in [0.1, 0.15) is 37.7 Å². The number of sulfonamides is 1. The molecule has 1 heterocycles. The lowest BCUT2D eigenvalue weighted by Gasteiger charge is -2.40. The van der Waals surface area contributed by atoms with Gasteiger partial charge in [0.25, 0.3) is 5.69 Å². The highest BCUT2D eigenvalue weighted by Gasteiger charge is 2.37. The molecule has 0 unspecified atom stereocenters. The van der Waals surface area contributed by atoms with Crippen LogP contribution in [-0.4, -0.2) is 30.7 Å². The summed E-state index contributed by atoms with van der Waals surface area (Å²) in [5.74, 6) is 1.01. The van der Waals surface area contributed by atoms with Gasteiger partial charge in [0.15, 0.2) is 0 Å². The van der Waals surface area contributed by atoms with Gasteiger partial charge in [0.2, 0.25) is 10.0 Å². The molecule has 1 saturated carbocycles. The molecule has 2 aliphatic rings. The minimum Gasteiger partial charge on any atom is -0.258 e. The van der Waals surface area contributed by atoms with Crippen LogP contribution < -0.4 is 0 Å². The second-order valence-electron chi connectivity index (χ2n) is 6.76. The summed E-state index contributed by atoms with van der Waals surface area (Å²) >= 11 is 6.03. The zero-order valence-electron chi connectivity index (χ0n) is 13.6. The Bertz CT molecular complexity index is 766. The molecule has 0 radical (unpaired) electrons. The first-order chi connectivity index (χ1) is 11.3. The molecule has 0 N–H and O–H groups in total. The number of hydrogen-bond acceptors (Lipinski definition) is 4. The highest BCUT2D eigenvalue weighted by molar-refractivity contribution is 7.89. The number of nitrogens with zero attached hydrogens (tertiary/aromatic N) is 2. The highest BCUT2D eigenvalue weighted by Crippen LogP contribution is 2.38. The Morgan fingerprint density at radius 2 is 1.88 bits per heavy atom. The first-order valence-corrected chi connectivity index (χ1v) is 10.1. The molecule has 1 saturated heterocycles. The van der Waals surface area contributed by atoms with E-state index in [0.29, 0.717) is 24.9 Å². The Hall–Kier alpha value is -1.18. The summed E-state index contributed by atoms with van der Waals surface area (Å²) in [6, 6.07) is 2.45. The van der Waals surface area contributed by atoms with Gasteiger partial charge in [-0.2, -0.15) is 4.31 Å². The predicted octanol–water partition coefficient (Wildman–Crippen LogP) is 3.76. The highest BCUT2D eigenvalue weighted by atomic mass is 35.5. The van der Waals surface area contributed by atoms with Crippen molar-refractivity contribution in [2.24, 2.45) is 11.8 Å². The SMILES string of the molecule is Cc1c(Cl)cc(S(=O)(=O)N2CC[C@@H]3CCCC[C@@H]3C2)cc1[N+](=O)[O-]. The van der Waals surface area contributed by atoms with Crippen LogP contribution in [0.15, 0.2) is 17.0 Å². The number of piperidine rings is 1. The normalized spacial score (nSPS) is 25.2. The summed E-state index contributed by atoms with van der Waals surface area (Å²) in [7, 11) is -3.76. The molecule has 0 amide bonds. The minimum atomic E-state index is -3.76. The van der Waals surface area contributed by atoms with Gasteiger partial charge in [-0.05, 0) is 37.7 Å². The van der Waals surface area contributed by atoms with Crippen molar-refractivity contribution in [1.82, 2.24) is 4.31 Å². The zero-order valence-corrected chi connectivity index (χ0v) is 15.1. The largest absolute Gasteiger partial charge is 0.275 e. The maximum absolute atomic E-state index is 12.9. The molecule has 3 rings (SSSR count). The van der Waals surface area contributed by atoms with Crippen LogP contribution in [0, 0.1) is 28.9 Å². The molecule has 8 heteroatoms. The zero-order chi connectivity index (χ0) is 17.5. The van der Waals surface area contributed by atoms with E-state index >= 15 is 0 Å².